The van der Waals surface area contributed by atoms with Crippen LogP contribution in [0.1, 0.15) is 44.1 Å². The number of rotatable bonds is 8. The van der Waals surface area contributed by atoms with Crippen molar-refractivity contribution in [2.45, 2.75) is 51.0 Å². The lowest BCUT2D eigenvalue weighted by atomic mass is 9.84. The average molecular weight is 399 g/mol. The lowest BCUT2D eigenvalue weighted by Gasteiger charge is -2.37. The first-order valence-corrected chi connectivity index (χ1v) is 11.0. The van der Waals surface area contributed by atoms with Crippen molar-refractivity contribution in [3.63, 3.8) is 0 Å². The van der Waals surface area contributed by atoms with E-state index in [0.717, 1.165) is 57.9 Å². The number of aliphatic hydroxyl groups is 1. The molecule has 2 fully saturated rings. The third kappa shape index (κ3) is 6.73. The monoisotopic (exact) mass is 398 g/mol. The summed E-state index contributed by atoms with van der Waals surface area (Å²) in [6, 6.07) is 10.7. The molecule has 1 heterocycles. The minimum Gasteiger partial charge on any atom is -0.396 e. The second kappa shape index (κ2) is 11.2. The Hall–Kier alpha value is -2.10. The van der Waals surface area contributed by atoms with Gasteiger partial charge in [-0.05, 0) is 68.7 Å². The van der Waals surface area contributed by atoms with E-state index >= 15 is 0 Å². The number of hydrogen-bond acceptors (Lipinski definition) is 5. The molecule has 1 aromatic carbocycles. The number of carbonyl (C=O) groups is 1. The Morgan fingerprint density at radius 3 is 2.62 bits per heavy atom. The van der Waals surface area contributed by atoms with Crippen molar-refractivity contribution >= 4 is 11.6 Å². The lowest BCUT2D eigenvalue weighted by molar-refractivity contribution is -0.121. The van der Waals surface area contributed by atoms with Crippen molar-refractivity contribution in [1.82, 2.24) is 10.2 Å². The van der Waals surface area contributed by atoms with E-state index in [1.807, 2.05) is 6.07 Å². The molecule has 3 rings (SSSR count). The Balaban J connectivity index is 1.34. The van der Waals surface area contributed by atoms with E-state index in [1.54, 1.807) is 0 Å². The smallest absolute Gasteiger partial charge is 0.234 e. The number of nitrogens with zero attached hydrogens (tertiary/aromatic N) is 3. The van der Waals surface area contributed by atoms with Crippen molar-refractivity contribution < 1.29 is 9.90 Å². The van der Waals surface area contributed by atoms with Gasteiger partial charge in [0.1, 0.15) is 6.42 Å². The summed E-state index contributed by atoms with van der Waals surface area (Å²) in [6.07, 6.45) is 6.37. The molecule has 1 saturated heterocycles. The first-order chi connectivity index (χ1) is 14.2. The lowest BCUT2D eigenvalue weighted by Crippen LogP contribution is -2.47. The maximum atomic E-state index is 11.5. The second-order valence-electron chi connectivity index (χ2n) is 8.38. The quantitative estimate of drug-likeness (QED) is 0.703. The van der Waals surface area contributed by atoms with Crippen LogP contribution in [-0.2, 0) is 11.2 Å². The highest BCUT2D eigenvalue weighted by Gasteiger charge is 2.24. The van der Waals surface area contributed by atoms with E-state index in [-0.39, 0.29) is 25.0 Å². The Bertz CT molecular complexity index is 686. The number of aliphatic hydroxyl groups excluding tert-OH is 1. The molecule has 1 aliphatic heterocycles. The van der Waals surface area contributed by atoms with Crippen LogP contribution in [0.4, 0.5) is 5.69 Å². The molecule has 0 spiro atoms. The topological polar surface area (TPSA) is 79.6 Å². The molecule has 6 heteroatoms. The Morgan fingerprint density at radius 2 is 1.93 bits per heavy atom. The summed E-state index contributed by atoms with van der Waals surface area (Å²) in [5.41, 5.74) is 2.47. The largest absolute Gasteiger partial charge is 0.396 e. The zero-order chi connectivity index (χ0) is 20.5. The molecule has 0 atom stereocenters. The predicted octanol–water partition coefficient (Wildman–Crippen LogP) is 2.32. The normalized spacial score (nSPS) is 22.8. The summed E-state index contributed by atoms with van der Waals surface area (Å²) in [5, 5.41) is 20.7. The molecule has 0 radical (unpaired) electrons. The fraction of sp³-hybridized carbons (Fsp3) is 0.652. The van der Waals surface area contributed by atoms with Crippen LogP contribution in [-0.4, -0.2) is 61.3 Å². The first kappa shape index (κ1) is 21.6. The fourth-order valence-electron chi connectivity index (χ4n) is 4.58. The van der Waals surface area contributed by atoms with E-state index in [9.17, 15) is 4.79 Å². The van der Waals surface area contributed by atoms with Gasteiger partial charge in [-0.3, -0.25) is 9.69 Å². The van der Waals surface area contributed by atoms with Crippen molar-refractivity contribution in [3.8, 4) is 6.07 Å². The molecule has 2 N–H and O–H groups in total. The first-order valence-electron chi connectivity index (χ1n) is 11.0. The number of nitriles is 1. The number of hydrogen-bond donors (Lipinski definition) is 2. The number of amides is 1. The third-order valence-electron chi connectivity index (χ3n) is 6.35. The van der Waals surface area contributed by atoms with E-state index < -0.39 is 0 Å². The number of carbonyl (C=O) groups excluding carboxylic acids is 1. The van der Waals surface area contributed by atoms with Crippen LogP contribution in [0.3, 0.4) is 0 Å². The number of benzene rings is 1. The summed E-state index contributed by atoms with van der Waals surface area (Å²) in [6.45, 7) is 5.67. The predicted molar refractivity (Wildman–Crippen MR) is 115 cm³/mol. The molecule has 1 aromatic rings. The molecule has 158 valence electrons. The molecule has 0 aromatic heterocycles. The summed E-state index contributed by atoms with van der Waals surface area (Å²) < 4.78 is 0. The fourth-order valence-corrected chi connectivity index (χ4v) is 4.58. The zero-order valence-electron chi connectivity index (χ0n) is 17.4. The maximum Gasteiger partial charge on any atom is 0.234 e. The van der Waals surface area contributed by atoms with Crippen molar-refractivity contribution in [1.29, 1.82) is 5.26 Å². The van der Waals surface area contributed by atoms with Crippen LogP contribution in [0.2, 0.25) is 0 Å². The van der Waals surface area contributed by atoms with Crippen molar-refractivity contribution in [2.75, 3.05) is 44.2 Å². The van der Waals surface area contributed by atoms with Gasteiger partial charge in [0, 0.05) is 44.5 Å². The van der Waals surface area contributed by atoms with Crippen molar-refractivity contribution in [3.05, 3.63) is 29.8 Å². The summed E-state index contributed by atoms with van der Waals surface area (Å²) >= 11 is 0. The maximum absolute atomic E-state index is 11.5. The highest BCUT2D eigenvalue weighted by Crippen LogP contribution is 2.27. The standard InChI is InChI=1S/C23H34N4O2/c24-11-8-23(29)25-21-6-4-19(5-7-21)9-12-26-13-15-27(16-14-26)22-3-1-2-20(18-22)10-17-28/h1-3,18-19,21,28H,4-10,12-17H2,(H,25,29). The van der Waals surface area contributed by atoms with Crippen molar-refractivity contribution in [2.24, 2.45) is 5.92 Å². The van der Waals surface area contributed by atoms with Crippen LogP contribution in [0, 0.1) is 17.2 Å². The summed E-state index contributed by atoms with van der Waals surface area (Å²) in [4.78, 5) is 16.6. The number of piperazine rings is 1. The highest BCUT2D eigenvalue weighted by molar-refractivity contribution is 5.78. The van der Waals surface area contributed by atoms with Crippen LogP contribution < -0.4 is 10.2 Å². The van der Waals surface area contributed by atoms with Crippen LogP contribution in [0.5, 0.6) is 0 Å². The van der Waals surface area contributed by atoms with Crippen LogP contribution in [0.15, 0.2) is 24.3 Å². The third-order valence-corrected chi connectivity index (χ3v) is 6.35. The Kier molecular flexibility index (Phi) is 8.33. The van der Waals surface area contributed by atoms with E-state index in [0.29, 0.717) is 0 Å². The molecule has 1 saturated carbocycles. The molecular formula is C23H34N4O2. The molecule has 6 nitrogen and oxygen atoms in total. The van der Waals surface area contributed by atoms with Gasteiger partial charge in [-0.15, -0.1) is 0 Å². The number of anilines is 1. The van der Waals surface area contributed by atoms with Gasteiger partial charge in [-0.2, -0.15) is 5.26 Å². The molecule has 0 bridgehead atoms. The minimum atomic E-state index is -0.129. The molecule has 1 amide bonds. The second-order valence-corrected chi connectivity index (χ2v) is 8.38. The van der Waals surface area contributed by atoms with Crippen LogP contribution >= 0.6 is 0 Å². The van der Waals surface area contributed by atoms with Gasteiger partial charge in [0.15, 0.2) is 0 Å². The van der Waals surface area contributed by atoms with Gasteiger partial charge in [0.25, 0.3) is 0 Å². The molecular weight excluding hydrogens is 364 g/mol. The molecule has 1 aliphatic carbocycles. The molecule has 29 heavy (non-hydrogen) atoms. The Morgan fingerprint density at radius 1 is 1.17 bits per heavy atom. The molecule has 0 unspecified atom stereocenters. The van der Waals surface area contributed by atoms with Gasteiger partial charge >= 0.3 is 0 Å². The van der Waals surface area contributed by atoms with E-state index in [1.165, 1.54) is 30.5 Å². The molecule has 2 aliphatic rings. The number of nitrogens with one attached hydrogen (secondary N) is 1. The van der Waals surface area contributed by atoms with E-state index in [2.05, 4.69) is 39.4 Å². The Labute approximate surface area is 174 Å². The van der Waals surface area contributed by atoms with Crippen LogP contribution in [0.25, 0.3) is 0 Å². The summed E-state index contributed by atoms with van der Waals surface area (Å²) in [5.74, 6) is 0.628. The minimum absolute atomic E-state index is 0.0301. The highest BCUT2D eigenvalue weighted by atomic mass is 16.3. The van der Waals surface area contributed by atoms with Gasteiger partial charge in [0.05, 0.1) is 6.07 Å². The average Bonchev–Trinajstić information content (AvgIpc) is 2.74. The summed E-state index contributed by atoms with van der Waals surface area (Å²) in [7, 11) is 0. The van der Waals surface area contributed by atoms with Gasteiger partial charge in [0.2, 0.25) is 5.91 Å². The van der Waals surface area contributed by atoms with Gasteiger partial charge < -0.3 is 15.3 Å². The van der Waals surface area contributed by atoms with Gasteiger partial charge in [-0.25, -0.2) is 0 Å². The zero-order valence-corrected chi connectivity index (χ0v) is 17.4. The van der Waals surface area contributed by atoms with Gasteiger partial charge in [-0.1, -0.05) is 12.1 Å². The SMILES string of the molecule is N#CCC(=O)NC1CCC(CCN2CCN(c3cccc(CCO)c3)CC2)CC1. The van der Waals surface area contributed by atoms with E-state index in [4.69, 9.17) is 10.4 Å².